The molecule has 10 nitrogen and oxygen atoms in total. The molecule has 1 aromatic carbocycles. The molecule has 1 aliphatic heterocycles. The zero-order valence-corrected chi connectivity index (χ0v) is 28.5. The van der Waals surface area contributed by atoms with Gasteiger partial charge in [-0.25, -0.2) is 0 Å². The monoisotopic (exact) mass is 613 g/mol. The summed E-state index contributed by atoms with van der Waals surface area (Å²) in [5, 5.41) is 3.10. The molecule has 0 aliphatic carbocycles. The number of nitrogens with one attached hydrogen (secondary N) is 1. The molecular formula is C34H55N5O5. The predicted octanol–water partition coefficient (Wildman–Crippen LogP) is 3.33. The minimum absolute atomic E-state index is 0.0669. The van der Waals surface area contributed by atoms with Crippen LogP contribution in [-0.4, -0.2) is 89.0 Å². The Morgan fingerprint density at radius 1 is 1.05 bits per heavy atom. The number of hydrogen-bond donors (Lipinski definition) is 2. The highest BCUT2D eigenvalue weighted by molar-refractivity contribution is 5.91. The van der Waals surface area contributed by atoms with Crippen molar-refractivity contribution in [3.8, 4) is 0 Å². The van der Waals surface area contributed by atoms with Crippen LogP contribution in [-0.2, 0) is 29.4 Å². The van der Waals surface area contributed by atoms with Crippen molar-refractivity contribution in [3.63, 3.8) is 0 Å². The molecule has 1 heterocycles. The number of benzene rings is 1. The third-order valence-electron chi connectivity index (χ3n) is 9.21. The van der Waals surface area contributed by atoms with E-state index in [1.54, 1.807) is 11.9 Å². The summed E-state index contributed by atoms with van der Waals surface area (Å²) in [4.78, 5) is 70.3. The van der Waals surface area contributed by atoms with Gasteiger partial charge in [0.15, 0.2) is 0 Å². The van der Waals surface area contributed by atoms with Crippen molar-refractivity contribution in [1.29, 1.82) is 0 Å². The second-order valence-corrected chi connectivity index (χ2v) is 14.2. The first-order chi connectivity index (χ1) is 20.3. The molecule has 1 aliphatic rings. The largest absolute Gasteiger partial charge is 0.368 e. The maximum atomic E-state index is 14.2. The molecule has 10 heteroatoms. The number of nitrogens with two attached hydrogens (primary N) is 1. The molecule has 4 atom stereocenters. The van der Waals surface area contributed by atoms with Crippen LogP contribution in [0.2, 0.25) is 0 Å². The highest BCUT2D eigenvalue weighted by Gasteiger charge is 2.42. The van der Waals surface area contributed by atoms with E-state index in [1.807, 2.05) is 71.9 Å². The second kappa shape index (κ2) is 15.0. The topological polar surface area (TPSA) is 133 Å². The molecule has 3 N–H and O–H groups in total. The molecule has 1 aromatic rings. The Kier molecular flexibility index (Phi) is 12.6. The molecule has 0 spiro atoms. The fourth-order valence-electron chi connectivity index (χ4n) is 6.28. The third-order valence-corrected chi connectivity index (χ3v) is 9.21. The number of carbonyl (C=O) groups excluding carboxylic acids is 5. The number of likely N-dealkylation sites (tertiary alicyclic amines) is 1. The van der Waals surface area contributed by atoms with Crippen LogP contribution < -0.4 is 11.1 Å². The Morgan fingerprint density at radius 3 is 2.11 bits per heavy atom. The molecule has 2 rings (SSSR count). The van der Waals surface area contributed by atoms with Crippen LogP contribution in [0.15, 0.2) is 30.3 Å². The van der Waals surface area contributed by atoms with Gasteiger partial charge in [-0.2, -0.15) is 0 Å². The van der Waals surface area contributed by atoms with Crippen molar-refractivity contribution in [2.45, 2.75) is 105 Å². The Bertz CT molecular complexity index is 1180. The number of nitrogens with zero attached hydrogens (tertiary/aromatic N) is 3. The van der Waals surface area contributed by atoms with Crippen LogP contribution in [0.4, 0.5) is 0 Å². The highest BCUT2D eigenvalue weighted by atomic mass is 16.2. The lowest BCUT2D eigenvalue weighted by Crippen LogP contribution is -2.60. The summed E-state index contributed by atoms with van der Waals surface area (Å²) in [6.07, 6.45) is 1.78. The van der Waals surface area contributed by atoms with E-state index in [2.05, 4.69) is 19.2 Å². The minimum Gasteiger partial charge on any atom is -0.368 e. The number of primary amides is 1. The SMILES string of the molecule is CC[C@H](C(=O)N[C@H](C(=O)N(C)[C@H](CN(CC(=O)N1CCC[C@H]1C(N)=O)C(C)=O)C(C)C)C(C)(C)C)C(C)(C)c1ccccc1. The Balaban J connectivity index is 2.29. The predicted molar refractivity (Wildman–Crippen MR) is 172 cm³/mol. The lowest BCUT2D eigenvalue weighted by atomic mass is 9.71. The maximum absolute atomic E-state index is 14.2. The Morgan fingerprint density at radius 2 is 1.64 bits per heavy atom. The van der Waals surface area contributed by atoms with Gasteiger partial charge in [-0.3, -0.25) is 24.0 Å². The van der Waals surface area contributed by atoms with E-state index < -0.39 is 34.9 Å². The van der Waals surface area contributed by atoms with Gasteiger partial charge in [-0.1, -0.05) is 85.7 Å². The van der Waals surface area contributed by atoms with Crippen LogP contribution in [0.25, 0.3) is 0 Å². The molecule has 0 unspecified atom stereocenters. The van der Waals surface area contributed by atoms with Gasteiger partial charge in [0.25, 0.3) is 0 Å². The average Bonchev–Trinajstić information content (AvgIpc) is 3.44. The fourth-order valence-corrected chi connectivity index (χ4v) is 6.28. The molecule has 0 radical (unpaired) electrons. The number of amides is 5. The van der Waals surface area contributed by atoms with Crippen molar-refractivity contribution >= 4 is 29.5 Å². The lowest BCUT2D eigenvalue weighted by Gasteiger charge is -2.41. The number of rotatable bonds is 13. The number of carbonyl (C=O) groups is 5. The van der Waals surface area contributed by atoms with E-state index in [9.17, 15) is 24.0 Å². The molecule has 44 heavy (non-hydrogen) atoms. The maximum Gasteiger partial charge on any atom is 0.245 e. The molecular weight excluding hydrogens is 558 g/mol. The first-order valence-electron chi connectivity index (χ1n) is 15.8. The van der Waals surface area contributed by atoms with Gasteiger partial charge in [0.1, 0.15) is 12.1 Å². The second-order valence-electron chi connectivity index (χ2n) is 14.2. The van der Waals surface area contributed by atoms with Gasteiger partial charge in [0.2, 0.25) is 29.5 Å². The van der Waals surface area contributed by atoms with Crippen LogP contribution in [0.3, 0.4) is 0 Å². The molecule has 246 valence electrons. The van der Waals surface area contributed by atoms with Gasteiger partial charge >= 0.3 is 0 Å². The summed E-state index contributed by atoms with van der Waals surface area (Å²) in [6, 6.07) is 7.98. The summed E-state index contributed by atoms with van der Waals surface area (Å²) in [6.45, 7) is 17.5. The minimum atomic E-state index is -0.824. The standard InChI is InChI=1S/C34H55N5O5/c1-11-25(34(8,9)24-16-13-12-14-17-24)31(43)36-29(33(5,6)7)32(44)37(10)27(22(2)3)20-38(23(4)40)21-28(41)39-19-15-18-26(39)30(35)42/h12-14,16-17,22,25-27,29H,11,15,18-21H2,1-10H3,(H2,35,42)(H,36,43)/t25-,26+,27-,29-/m1/s1. The summed E-state index contributed by atoms with van der Waals surface area (Å²) in [7, 11) is 1.69. The van der Waals surface area contributed by atoms with Gasteiger partial charge in [-0.15, -0.1) is 0 Å². The van der Waals surface area contributed by atoms with Crippen molar-refractivity contribution < 1.29 is 24.0 Å². The van der Waals surface area contributed by atoms with E-state index in [-0.39, 0.29) is 48.6 Å². The molecule has 0 aromatic heterocycles. The molecule has 0 saturated carbocycles. The van der Waals surface area contributed by atoms with Gasteiger partial charge < -0.3 is 25.8 Å². The summed E-state index contributed by atoms with van der Waals surface area (Å²) >= 11 is 0. The van der Waals surface area contributed by atoms with E-state index in [4.69, 9.17) is 5.73 Å². The van der Waals surface area contributed by atoms with Crippen molar-refractivity contribution in [2.24, 2.45) is 23.0 Å². The van der Waals surface area contributed by atoms with Crippen LogP contribution >= 0.6 is 0 Å². The zero-order valence-electron chi connectivity index (χ0n) is 28.5. The van der Waals surface area contributed by atoms with Crippen molar-refractivity contribution in [1.82, 2.24) is 20.0 Å². The number of likely N-dealkylation sites (N-methyl/N-ethyl adjacent to an activating group) is 1. The fraction of sp³-hybridized carbons (Fsp3) is 0.676. The summed E-state index contributed by atoms with van der Waals surface area (Å²) in [5.74, 6) is -2.09. The quantitative estimate of drug-likeness (QED) is 0.352. The molecule has 5 amide bonds. The van der Waals surface area contributed by atoms with Crippen LogP contribution in [0.5, 0.6) is 0 Å². The third kappa shape index (κ3) is 8.82. The summed E-state index contributed by atoms with van der Waals surface area (Å²) < 4.78 is 0. The average molecular weight is 614 g/mol. The van der Waals surface area contributed by atoms with E-state index in [0.29, 0.717) is 25.8 Å². The lowest BCUT2D eigenvalue weighted by molar-refractivity contribution is -0.146. The highest BCUT2D eigenvalue weighted by Crippen LogP contribution is 2.35. The summed E-state index contributed by atoms with van der Waals surface area (Å²) in [5.41, 5.74) is 5.48. The zero-order chi connectivity index (χ0) is 33.6. The normalized spacial score (nSPS) is 17.5. The van der Waals surface area contributed by atoms with Gasteiger partial charge in [0.05, 0.1) is 12.6 Å². The first kappa shape index (κ1) is 36.8. The Hall–Kier alpha value is -3.43. The first-order valence-corrected chi connectivity index (χ1v) is 15.8. The van der Waals surface area contributed by atoms with Crippen LogP contribution in [0, 0.1) is 17.3 Å². The van der Waals surface area contributed by atoms with Crippen molar-refractivity contribution in [2.75, 3.05) is 26.7 Å². The van der Waals surface area contributed by atoms with Crippen molar-refractivity contribution in [3.05, 3.63) is 35.9 Å². The smallest absolute Gasteiger partial charge is 0.245 e. The molecule has 1 saturated heterocycles. The van der Waals surface area contributed by atoms with E-state index in [0.717, 1.165) is 5.56 Å². The van der Waals surface area contributed by atoms with Gasteiger partial charge in [-0.05, 0) is 36.2 Å². The Labute approximate surface area is 264 Å². The van der Waals surface area contributed by atoms with Gasteiger partial charge in [0, 0.05) is 38.4 Å². The van der Waals surface area contributed by atoms with Crippen LogP contribution in [0.1, 0.15) is 87.1 Å². The number of hydrogen-bond acceptors (Lipinski definition) is 5. The van der Waals surface area contributed by atoms with E-state index in [1.165, 1.54) is 16.7 Å². The van der Waals surface area contributed by atoms with E-state index >= 15 is 0 Å². The molecule has 0 bridgehead atoms. The molecule has 1 fully saturated rings.